The molecule has 0 bridgehead atoms. The van der Waals surface area contributed by atoms with Crippen LogP contribution in [-0.4, -0.2) is 46.5 Å². The van der Waals surface area contributed by atoms with Crippen LogP contribution in [0.3, 0.4) is 0 Å². The van der Waals surface area contributed by atoms with Gasteiger partial charge in [0.15, 0.2) is 0 Å². The molecule has 1 aliphatic rings. The highest BCUT2D eigenvalue weighted by Crippen LogP contribution is 2.17. The summed E-state index contributed by atoms with van der Waals surface area (Å²) < 4.78 is 5.64. The third-order valence-electron chi connectivity index (χ3n) is 3.75. The molecular weight excluding hydrogens is 226 g/mol. The topological polar surface area (TPSA) is 32.5 Å². The number of piperazine rings is 1. The van der Waals surface area contributed by atoms with E-state index in [0.29, 0.717) is 0 Å². The monoisotopic (exact) mass is 251 g/mol. The molecule has 2 rings (SSSR count). The Balaban J connectivity index is 1.87. The lowest BCUT2D eigenvalue weighted by molar-refractivity contribution is 0.0554. The van der Waals surface area contributed by atoms with Gasteiger partial charge in [0.25, 0.3) is 0 Å². The average Bonchev–Trinajstić information content (AvgIpc) is 2.57. The number of rotatable bonds is 2. The Labute approximate surface area is 110 Å². The zero-order valence-corrected chi connectivity index (χ0v) is 12.3. The van der Waals surface area contributed by atoms with Crippen LogP contribution in [0.4, 0.5) is 0 Å². The van der Waals surface area contributed by atoms with E-state index in [4.69, 9.17) is 4.42 Å². The third kappa shape index (κ3) is 3.12. The summed E-state index contributed by atoms with van der Waals surface area (Å²) in [5, 5.41) is 0. The van der Waals surface area contributed by atoms with Crippen LogP contribution in [0.1, 0.15) is 38.1 Å². The maximum Gasteiger partial charge on any atom is 0.208 e. The van der Waals surface area contributed by atoms with E-state index in [0.717, 1.165) is 50.1 Å². The molecule has 1 fully saturated rings. The molecule has 4 heteroatoms. The van der Waals surface area contributed by atoms with Gasteiger partial charge in [0.2, 0.25) is 5.89 Å². The maximum atomic E-state index is 5.64. The highest BCUT2D eigenvalue weighted by molar-refractivity contribution is 5.05. The molecule has 0 aromatic carbocycles. The van der Waals surface area contributed by atoms with Gasteiger partial charge in [-0.2, -0.15) is 0 Å². The lowest BCUT2D eigenvalue weighted by Crippen LogP contribution is -2.53. The van der Waals surface area contributed by atoms with Gasteiger partial charge in [-0.1, -0.05) is 0 Å². The normalized spacial score (nSPS) is 19.4. The van der Waals surface area contributed by atoms with Gasteiger partial charge in [0.05, 0.1) is 12.2 Å². The number of nitrogens with zero attached hydrogens (tertiary/aromatic N) is 3. The largest absolute Gasteiger partial charge is 0.444 e. The molecule has 4 nitrogen and oxygen atoms in total. The van der Waals surface area contributed by atoms with Crippen LogP contribution >= 0.6 is 0 Å². The second-order valence-corrected chi connectivity index (χ2v) is 6.18. The first-order valence-corrected chi connectivity index (χ1v) is 6.76. The van der Waals surface area contributed by atoms with Gasteiger partial charge in [0, 0.05) is 31.7 Å². The summed E-state index contributed by atoms with van der Waals surface area (Å²) in [7, 11) is 0. The van der Waals surface area contributed by atoms with E-state index in [2.05, 4.69) is 35.6 Å². The Hall–Kier alpha value is -0.870. The molecule has 0 amide bonds. The standard InChI is InChI=1S/C14H25N3O/c1-11-12(2)18-13(15-11)10-16-6-8-17(9-7-16)14(3,4)5/h6-10H2,1-5H3. The fraction of sp³-hybridized carbons (Fsp3) is 0.786. The second kappa shape index (κ2) is 5.02. The molecule has 0 unspecified atom stereocenters. The van der Waals surface area contributed by atoms with Crippen molar-refractivity contribution in [3.63, 3.8) is 0 Å². The van der Waals surface area contributed by atoms with Crippen molar-refractivity contribution >= 4 is 0 Å². The first-order chi connectivity index (χ1) is 8.36. The fourth-order valence-corrected chi connectivity index (χ4v) is 2.37. The number of oxazole rings is 1. The van der Waals surface area contributed by atoms with E-state index >= 15 is 0 Å². The molecular formula is C14H25N3O. The quantitative estimate of drug-likeness (QED) is 0.806. The Kier molecular flexibility index (Phi) is 3.78. The maximum absolute atomic E-state index is 5.64. The van der Waals surface area contributed by atoms with Gasteiger partial charge in [-0.15, -0.1) is 0 Å². The van der Waals surface area contributed by atoms with Crippen molar-refractivity contribution in [2.75, 3.05) is 26.2 Å². The summed E-state index contributed by atoms with van der Waals surface area (Å²) in [5.74, 6) is 1.80. The summed E-state index contributed by atoms with van der Waals surface area (Å²) in [6.07, 6.45) is 0. The minimum absolute atomic E-state index is 0.280. The van der Waals surface area contributed by atoms with E-state index in [1.165, 1.54) is 0 Å². The highest BCUT2D eigenvalue weighted by atomic mass is 16.4. The smallest absolute Gasteiger partial charge is 0.208 e. The number of aromatic nitrogens is 1. The van der Waals surface area contributed by atoms with Crippen molar-refractivity contribution in [2.24, 2.45) is 0 Å². The number of hydrogen-bond donors (Lipinski definition) is 0. The third-order valence-corrected chi connectivity index (χ3v) is 3.75. The molecule has 18 heavy (non-hydrogen) atoms. The van der Waals surface area contributed by atoms with Crippen molar-refractivity contribution in [1.82, 2.24) is 14.8 Å². The van der Waals surface area contributed by atoms with Crippen molar-refractivity contribution in [2.45, 2.75) is 46.7 Å². The highest BCUT2D eigenvalue weighted by Gasteiger charge is 2.26. The zero-order valence-electron chi connectivity index (χ0n) is 12.3. The van der Waals surface area contributed by atoms with Crippen LogP contribution in [0, 0.1) is 13.8 Å². The van der Waals surface area contributed by atoms with Crippen LogP contribution in [0.2, 0.25) is 0 Å². The minimum atomic E-state index is 0.280. The molecule has 1 aliphatic heterocycles. The van der Waals surface area contributed by atoms with Gasteiger partial charge in [-0.05, 0) is 34.6 Å². The van der Waals surface area contributed by atoms with E-state index in [-0.39, 0.29) is 5.54 Å². The van der Waals surface area contributed by atoms with E-state index in [1.807, 2.05) is 13.8 Å². The Morgan fingerprint density at radius 3 is 2.17 bits per heavy atom. The van der Waals surface area contributed by atoms with Crippen LogP contribution in [-0.2, 0) is 6.54 Å². The molecule has 0 atom stereocenters. The average molecular weight is 251 g/mol. The molecule has 1 aromatic rings. The summed E-state index contributed by atoms with van der Waals surface area (Å²) in [5.41, 5.74) is 1.29. The second-order valence-electron chi connectivity index (χ2n) is 6.18. The minimum Gasteiger partial charge on any atom is -0.444 e. The fourth-order valence-electron chi connectivity index (χ4n) is 2.37. The SMILES string of the molecule is Cc1nc(CN2CCN(C(C)(C)C)CC2)oc1C. The van der Waals surface area contributed by atoms with Gasteiger partial charge >= 0.3 is 0 Å². The van der Waals surface area contributed by atoms with Crippen molar-refractivity contribution in [3.8, 4) is 0 Å². The van der Waals surface area contributed by atoms with E-state index in [1.54, 1.807) is 0 Å². The van der Waals surface area contributed by atoms with Crippen LogP contribution in [0.25, 0.3) is 0 Å². The first kappa shape index (κ1) is 13.6. The Bertz CT molecular complexity index is 378. The van der Waals surface area contributed by atoms with Crippen molar-refractivity contribution in [3.05, 3.63) is 17.3 Å². The van der Waals surface area contributed by atoms with Gasteiger partial charge in [0.1, 0.15) is 5.76 Å². The molecule has 0 aliphatic carbocycles. The van der Waals surface area contributed by atoms with Crippen LogP contribution in [0.5, 0.6) is 0 Å². The molecule has 2 heterocycles. The first-order valence-electron chi connectivity index (χ1n) is 6.76. The summed E-state index contributed by atoms with van der Waals surface area (Å²) in [4.78, 5) is 9.41. The van der Waals surface area contributed by atoms with Crippen LogP contribution < -0.4 is 0 Å². The molecule has 1 saturated heterocycles. The summed E-state index contributed by atoms with van der Waals surface area (Å²) in [6, 6.07) is 0. The van der Waals surface area contributed by atoms with Crippen LogP contribution in [0.15, 0.2) is 4.42 Å². The summed E-state index contributed by atoms with van der Waals surface area (Å²) >= 11 is 0. The number of aryl methyl sites for hydroxylation is 2. The van der Waals surface area contributed by atoms with E-state index < -0.39 is 0 Å². The Morgan fingerprint density at radius 2 is 1.72 bits per heavy atom. The molecule has 0 N–H and O–H groups in total. The lowest BCUT2D eigenvalue weighted by Gasteiger charge is -2.41. The van der Waals surface area contributed by atoms with Gasteiger partial charge < -0.3 is 4.42 Å². The molecule has 0 radical (unpaired) electrons. The van der Waals surface area contributed by atoms with E-state index in [9.17, 15) is 0 Å². The Morgan fingerprint density at radius 1 is 1.11 bits per heavy atom. The molecule has 0 saturated carbocycles. The van der Waals surface area contributed by atoms with Crippen molar-refractivity contribution in [1.29, 1.82) is 0 Å². The number of hydrogen-bond acceptors (Lipinski definition) is 4. The summed E-state index contributed by atoms with van der Waals surface area (Å²) in [6.45, 7) is 16.1. The lowest BCUT2D eigenvalue weighted by atomic mass is 10.1. The van der Waals surface area contributed by atoms with Crippen molar-refractivity contribution < 1.29 is 4.42 Å². The predicted molar refractivity (Wildman–Crippen MR) is 72.6 cm³/mol. The predicted octanol–water partition coefficient (Wildman–Crippen LogP) is 2.21. The zero-order chi connectivity index (χ0) is 13.3. The molecule has 0 spiro atoms. The molecule has 1 aromatic heterocycles. The van der Waals surface area contributed by atoms with Gasteiger partial charge in [-0.3, -0.25) is 9.80 Å². The molecule has 102 valence electrons. The van der Waals surface area contributed by atoms with Gasteiger partial charge in [-0.25, -0.2) is 4.98 Å².